The van der Waals surface area contributed by atoms with Crippen molar-refractivity contribution in [3.8, 4) is 0 Å². The number of halogens is 27. The summed E-state index contributed by atoms with van der Waals surface area (Å²) < 4.78 is 347. The Morgan fingerprint density at radius 2 is 0.682 bits per heavy atom. The maximum Gasteiger partial charge on any atom is 0.460 e. The molecule has 0 bridgehead atoms. The fourth-order valence-electron chi connectivity index (χ4n) is 1.96. The zero-order valence-corrected chi connectivity index (χ0v) is 18.5. The first-order chi connectivity index (χ1) is 18.6. The molecule has 44 heavy (non-hydrogen) atoms. The molecule has 0 aromatic carbocycles. The zero-order chi connectivity index (χ0) is 36.5. The van der Waals surface area contributed by atoms with E-state index in [-0.39, 0.29) is 0 Å². The molecule has 32 heteroatoms. The first-order valence-corrected chi connectivity index (χ1v) is 8.84. The molecule has 0 rings (SSSR count). The molecule has 0 aromatic heterocycles. The van der Waals surface area contributed by atoms with Crippen LogP contribution in [0.4, 0.5) is 119 Å². The number of rotatable bonds is 12. The van der Waals surface area contributed by atoms with E-state index in [0.29, 0.717) is 0 Å². The Hall–Kier alpha value is -2.54. The van der Waals surface area contributed by atoms with E-state index in [9.17, 15) is 124 Å². The van der Waals surface area contributed by atoms with Crippen molar-refractivity contribution in [2.45, 2.75) is 65.8 Å². The highest BCUT2D eigenvalue weighted by molar-refractivity contribution is 5.84. The first-order valence-electron chi connectivity index (χ1n) is 8.84. The highest BCUT2D eigenvalue weighted by atomic mass is 19.4. The quantitative estimate of drug-likeness (QED) is 0.0999. The number of nitrogens with one attached hydrogen (secondary N) is 1. The molecule has 264 valence electrons. The van der Waals surface area contributed by atoms with Gasteiger partial charge < -0.3 is 0 Å². The maximum atomic E-state index is 13.5. The molecule has 1 N–H and O–H groups in total. The van der Waals surface area contributed by atoms with Crippen LogP contribution in [0.2, 0.25) is 0 Å². The topological polar surface area (TPSA) is 38.8 Å². The van der Waals surface area contributed by atoms with Crippen molar-refractivity contribution in [2.75, 3.05) is 0 Å². The van der Waals surface area contributed by atoms with Crippen LogP contribution in [0.3, 0.4) is 0 Å². The highest BCUT2D eigenvalue weighted by Gasteiger charge is 2.94. The molecule has 0 aromatic rings. The molecule has 0 aliphatic heterocycles. The van der Waals surface area contributed by atoms with Crippen LogP contribution in [-0.2, 0) is 4.79 Å². The van der Waals surface area contributed by atoms with Crippen LogP contribution in [0.1, 0.15) is 0 Å². The Bertz CT molecular complexity index is 1040. The van der Waals surface area contributed by atoms with Crippen molar-refractivity contribution in [3.63, 3.8) is 0 Å². The summed E-state index contributed by atoms with van der Waals surface area (Å²) in [5.41, 5.74) is -1.30. The van der Waals surface area contributed by atoms with Crippen molar-refractivity contribution in [3.05, 3.63) is 0 Å². The molecule has 0 saturated heterocycles. The lowest BCUT2D eigenvalue weighted by Gasteiger charge is -2.41. The Labute approximate surface area is 218 Å². The predicted molar refractivity (Wildman–Crippen MR) is 73.6 cm³/mol. The van der Waals surface area contributed by atoms with Crippen LogP contribution < -0.4 is 5.43 Å². The summed E-state index contributed by atoms with van der Waals surface area (Å²) in [5.74, 6) is -74.1. The number of alkyl halides is 24. The third-order valence-corrected chi connectivity index (χ3v) is 4.46. The van der Waals surface area contributed by atoms with E-state index in [1.165, 1.54) is 0 Å². The Kier molecular flexibility index (Phi) is 10.2. The molecule has 0 aliphatic carbocycles. The number of hydrogen-bond donors (Lipinski definition) is 1. The fourth-order valence-corrected chi connectivity index (χ4v) is 1.96. The van der Waals surface area contributed by atoms with Gasteiger partial charge in [-0.2, -0.15) is 105 Å². The third kappa shape index (κ3) is 5.56. The molecule has 0 unspecified atom stereocenters. The van der Waals surface area contributed by atoms with Crippen molar-refractivity contribution in [1.82, 2.24) is 21.3 Å². The van der Waals surface area contributed by atoms with Gasteiger partial charge >= 0.3 is 71.7 Å². The van der Waals surface area contributed by atoms with Crippen LogP contribution in [0.25, 0.3) is 0 Å². The Morgan fingerprint density at radius 3 is 1.00 bits per heavy atom. The van der Waals surface area contributed by atoms with E-state index >= 15 is 0 Å². The van der Waals surface area contributed by atoms with Crippen molar-refractivity contribution in [1.29, 1.82) is 0 Å². The molecule has 0 fully saturated rings. The van der Waals surface area contributed by atoms with Crippen LogP contribution in [0.15, 0.2) is 0 Å². The summed E-state index contributed by atoms with van der Waals surface area (Å²) >= 11 is 0. The average Bonchev–Trinajstić information content (AvgIpc) is 2.80. The SMILES string of the molecule is O=C(NN(F)N(F)N(F)C(F)(F)C(F)(F)C(F)(F)C(F)(F)F)C(F)(F)C(F)(F)C(F)(F)C(F)(F)C(F)(F)C(F)(F)C(F)(F)F. The zero-order valence-electron chi connectivity index (χ0n) is 18.5. The number of hydrogen-bond acceptors (Lipinski definition) is 4. The second kappa shape index (κ2) is 10.8. The number of nitrogens with zero attached hydrogens (tertiary/aromatic N) is 3. The van der Waals surface area contributed by atoms with Gasteiger partial charge in [0.05, 0.1) is 10.7 Å². The molecule has 0 saturated carbocycles. The van der Waals surface area contributed by atoms with Gasteiger partial charge in [-0.1, -0.05) is 8.96 Å². The molecular formula is C12HF27N4O. The van der Waals surface area contributed by atoms with Gasteiger partial charge in [0, 0.05) is 5.23 Å². The molecular weight excluding hydrogens is 729 g/mol. The standard InChI is InChI=1S/C12HF27N4O/c13-2(14,3(15,16)4(17,18)5(19,20)6(21,22)7(23,24)10(29,30)31)1(44)40-42(38)43(39)41(37)12(35,36)9(27,28)8(25,26)11(32,33)34/h(H,40,44). The van der Waals surface area contributed by atoms with E-state index in [2.05, 4.69) is 0 Å². The smallest absolute Gasteiger partial charge is 0.266 e. The summed E-state index contributed by atoms with van der Waals surface area (Å²) in [5, 5.41) is -12.0. The van der Waals surface area contributed by atoms with Gasteiger partial charge in [-0.05, 0) is 0 Å². The summed E-state index contributed by atoms with van der Waals surface area (Å²) in [6.45, 7) is 0. The summed E-state index contributed by atoms with van der Waals surface area (Å²) in [4.78, 5) is 10.9. The predicted octanol–water partition coefficient (Wildman–Crippen LogP) is 7.21. The van der Waals surface area contributed by atoms with Gasteiger partial charge in [-0.3, -0.25) is 4.79 Å². The molecule has 0 heterocycles. The summed E-state index contributed by atoms with van der Waals surface area (Å²) in [6, 6.07) is -8.12. The van der Waals surface area contributed by atoms with E-state index in [1.54, 1.807) is 0 Å². The number of carbonyl (C=O) groups excluding carboxylic acids is 1. The van der Waals surface area contributed by atoms with E-state index < -0.39 is 93.0 Å². The minimum atomic E-state index is -9.06. The largest absolute Gasteiger partial charge is 0.460 e. The molecule has 0 radical (unpaired) electrons. The lowest BCUT2D eigenvalue weighted by Crippen LogP contribution is -2.74. The van der Waals surface area contributed by atoms with Gasteiger partial charge in [0.1, 0.15) is 0 Å². The number of carbonyl (C=O) groups is 1. The molecule has 1 amide bonds. The van der Waals surface area contributed by atoms with Crippen LogP contribution in [-0.4, -0.2) is 87.6 Å². The Morgan fingerprint density at radius 1 is 0.409 bits per heavy atom. The Balaban J connectivity index is 6.50. The lowest BCUT2D eigenvalue weighted by atomic mass is 9.91. The number of hydrazine groups is 3. The van der Waals surface area contributed by atoms with Gasteiger partial charge in [-0.25, -0.2) is 5.43 Å². The van der Waals surface area contributed by atoms with Gasteiger partial charge in [0.2, 0.25) is 0 Å². The normalized spacial score (nSPS) is 16.3. The minimum absolute atomic E-state index is 1.30. The van der Waals surface area contributed by atoms with E-state index in [1.807, 2.05) is 0 Å². The van der Waals surface area contributed by atoms with Crippen LogP contribution in [0.5, 0.6) is 0 Å². The van der Waals surface area contributed by atoms with E-state index in [4.69, 9.17) is 0 Å². The monoisotopic (exact) mass is 730 g/mol. The highest BCUT2D eigenvalue weighted by Crippen LogP contribution is 2.62. The van der Waals surface area contributed by atoms with Gasteiger partial charge in [0.15, 0.2) is 0 Å². The summed E-state index contributed by atoms with van der Waals surface area (Å²) in [7, 11) is 0. The van der Waals surface area contributed by atoms with Crippen molar-refractivity contribution >= 4 is 5.91 Å². The van der Waals surface area contributed by atoms with Gasteiger partial charge in [-0.15, -0.1) is 4.48 Å². The number of amides is 1. The van der Waals surface area contributed by atoms with E-state index in [0.717, 1.165) is 0 Å². The lowest BCUT2D eigenvalue weighted by molar-refractivity contribution is -0.531. The van der Waals surface area contributed by atoms with Crippen molar-refractivity contribution < 1.29 is 124 Å². The summed E-state index contributed by atoms with van der Waals surface area (Å²) in [6.07, 6.45) is -15.9. The van der Waals surface area contributed by atoms with Gasteiger partial charge in [0.25, 0.3) is 0 Å². The molecule has 0 atom stereocenters. The third-order valence-electron chi connectivity index (χ3n) is 4.46. The first kappa shape index (κ1) is 41.5. The maximum absolute atomic E-state index is 13.5. The second-order valence-electron chi connectivity index (χ2n) is 7.33. The van der Waals surface area contributed by atoms with Crippen LogP contribution in [0, 0.1) is 0 Å². The fraction of sp³-hybridized carbons (Fsp3) is 0.917. The van der Waals surface area contributed by atoms with Crippen LogP contribution >= 0.6 is 0 Å². The average molecular weight is 730 g/mol. The minimum Gasteiger partial charge on any atom is -0.266 e. The molecule has 0 aliphatic rings. The second-order valence-corrected chi connectivity index (χ2v) is 7.33. The van der Waals surface area contributed by atoms with Crippen molar-refractivity contribution in [2.24, 2.45) is 0 Å². The molecule has 0 spiro atoms. The molecule has 5 nitrogen and oxygen atoms in total.